The molecular formula is C13H21Cl2N3O. The number of rotatable bonds is 8. The lowest BCUT2D eigenvalue weighted by molar-refractivity contribution is 0.304. The third-order valence-corrected chi connectivity index (χ3v) is 3.87. The van der Waals surface area contributed by atoms with Crippen molar-refractivity contribution in [1.82, 2.24) is 9.97 Å². The lowest BCUT2D eigenvalue weighted by Crippen LogP contribution is -2.42. The van der Waals surface area contributed by atoms with Crippen LogP contribution in [0.25, 0.3) is 0 Å². The van der Waals surface area contributed by atoms with E-state index in [1.54, 1.807) is 0 Å². The van der Waals surface area contributed by atoms with Gasteiger partial charge in [0.05, 0.1) is 12.1 Å². The molecule has 0 radical (unpaired) electrons. The van der Waals surface area contributed by atoms with E-state index < -0.39 is 0 Å². The maximum atomic E-state index is 6.00. The number of nitrogens with one attached hydrogen (secondary N) is 1. The topological polar surface area (TPSA) is 47.0 Å². The number of aryl methyl sites for hydroxylation is 1. The van der Waals surface area contributed by atoms with Gasteiger partial charge in [0.1, 0.15) is 0 Å². The first-order valence-corrected chi connectivity index (χ1v) is 7.54. The van der Waals surface area contributed by atoms with Crippen molar-refractivity contribution in [3.63, 3.8) is 0 Å². The zero-order valence-electron chi connectivity index (χ0n) is 11.7. The van der Waals surface area contributed by atoms with Crippen molar-refractivity contribution in [3.8, 4) is 5.88 Å². The second-order valence-corrected chi connectivity index (χ2v) is 5.08. The van der Waals surface area contributed by atoms with Gasteiger partial charge < -0.3 is 10.1 Å². The quantitative estimate of drug-likeness (QED) is 0.745. The van der Waals surface area contributed by atoms with Crippen LogP contribution in [0.4, 0.5) is 5.95 Å². The fourth-order valence-electron chi connectivity index (χ4n) is 1.49. The van der Waals surface area contributed by atoms with Crippen LogP contribution < -0.4 is 10.1 Å². The molecule has 0 aliphatic heterocycles. The predicted octanol–water partition coefficient (Wildman–Crippen LogP) is 3.61. The van der Waals surface area contributed by atoms with Gasteiger partial charge >= 0.3 is 0 Å². The monoisotopic (exact) mass is 305 g/mol. The standard InChI is InChI=1S/C13H21Cl2N3O/c1-4-6-19-11-7-10(3)16-12(17-11)18-13(5-2,8-14)9-15/h7H,4-6,8-9H2,1-3H3,(H,16,17,18). The summed E-state index contributed by atoms with van der Waals surface area (Å²) in [5.41, 5.74) is 0.455. The zero-order valence-corrected chi connectivity index (χ0v) is 13.2. The van der Waals surface area contributed by atoms with E-state index in [9.17, 15) is 0 Å². The smallest absolute Gasteiger partial charge is 0.226 e. The average molecular weight is 306 g/mol. The van der Waals surface area contributed by atoms with E-state index in [2.05, 4.69) is 22.2 Å². The lowest BCUT2D eigenvalue weighted by atomic mass is 10.0. The van der Waals surface area contributed by atoms with Gasteiger partial charge in [0.15, 0.2) is 0 Å². The van der Waals surface area contributed by atoms with Gasteiger partial charge in [0.25, 0.3) is 0 Å². The molecular weight excluding hydrogens is 285 g/mol. The summed E-state index contributed by atoms with van der Waals surface area (Å²) in [4.78, 5) is 8.69. The summed E-state index contributed by atoms with van der Waals surface area (Å²) >= 11 is 12.0. The first-order chi connectivity index (χ1) is 9.09. The normalized spacial score (nSPS) is 11.4. The molecule has 0 bridgehead atoms. The third-order valence-electron chi connectivity index (χ3n) is 2.85. The van der Waals surface area contributed by atoms with E-state index in [-0.39, 0.29) is 5.54 Å². The Morgan fingerprint density at radius 3 is 2.47 bits per heavy atom. The Kier molecular flexibility index (Phi) is 6.66. The van der Waals surface area contributed by atoms with Gasteiger partial charge in [0, 0.05) is 23.5 Å². The highest BCUT2D eigenvalue weighted by molar-refractivity contribution is 6.22. The van der Waals surface area contributed by atoms with Crippen LogP contribution in [-0.4, -0.2) is 33.9 Å². The van der Waals surface area contributed by atoms with Crippen LogP contribution in [-0.2, 0) is 0 Å². The largest absolute Gasteiger partial charge is 0.478 e. The van der Waals surface area contributed by atoms with Crippen molar-refractivity contribution in [2.45, 2.75) is 39.2 Å². The Labute approximate surface area is 124 Å². The van der Waals surface area contributed by atoms with Crippen LogP contribution in [0.2, 0.25) is 0 Å². The molecule has 0 aromatic carbocycles. The van der Waals surface area contributed by atoms with Crippen molar-refractivity contribution in [2.24, 2.45) is 0 Å². The molecule has 0 fully saturated rings. The molecule has 19 heavy (non-hydrogen) atoms. The Morgan fingerprint density at radius 2 is 1.95 bits per heavy atom. The molecule has 1 heterocycles. The van der Waals surface area contributed by atoms with Crippen LogP contribution in [0.1, 0.15) is 32.4 Å². The van der Waals surface area contributed by atoms with E-state index >= 15 is 0 Å². The summed E-state index contributed by atoms with van der Waals surface area (Å²) in [5, 5.41) is 3.23. The SMILES string of the molecule is CCCOc1cc(C)nc(NC(CC)(CCl)CCl)n1. The summed E-state index contributed by atoms with van der Waals surface area (Å²) in [6, 6.07) is 1.82. The molecule has 0 amide bonds. The van der Waals surface area contributed by atoms with E-state index in [1.807, 2.05) is 19.9 Å². The van der Waals surface area contributed by atoms with E-state index in [1.165, 1.54) is 0 Å². The van der Waals surface area contributed by atoms with Crippen LogP contribution in [0, 0.1) is 6.92 Å². The Hall–Kier alpha value is -0.740. The Morgan fingerprint density at radius 1 is 1.26 bits per heavy atom. The number of ether oxygens (including phenoxy) is 1. The Bertz CT molecular complexity index is 389. The van der Waals surface area contributed by atoms with E-state index in [0.29, 0.717) is 30.2 Å². The molecule has 0 aliphatic carbocycles. The molecule has 108 valence electrons. The number of hydrogen-bond donors (Lipinski definition) is 1. The molecule has 1 aromatic heterocycles. The molecule has 0 saturated heterocycles. The van der Waals surface area contributed by atoms with Crippen molar-refractivity contribution >= 4 is 29.2 Å². The van der Waals surface area contributed by atoms with Gasteiger partial charge in [-0.2, -0.15) is 4.98 Å². The molecule has 6 heteroatoms. The van der Waals surface area contributed by atoms with Gasteiger partial charge in [-0.1, -0.05) is 13.8 Å². The van der Waals surface area contributed by atoms with Gasteiger partial charge in [-0.3, -0.25) is 0 Å². The van der Waals surface area contributed by atoms with Crippen molar-refractivity contribution in [2.75, 3.05) is 23.7 Å². The molecule has 0 aliphatic rings. The number of anilines is 1. The van der Waals surface area contributed by atoms with Crippen LogP contribution >= 0.6 is 23.2 Å². The minimum absolute atomic E-state index is 0.390. The molecule has 0 saturated carbocycles. The lowest BCUT2D eigenvalue weighted by Gasteiger charge is -2.29. The maximum Gasteiger partial charge on any atom is 0.226 e. The summed E-state index contributed by atoms with van der Waals surface area (Å²) in [6.07, 6.45) is 1.73. The second kappa shape index (κ2) is 7.75. The van der Waals surface area contributed by atoms with Crippen LogP contribution in [0.5, 0.6) is 5.88 Å². The third kappa shape index (κ3) is 4.69. The highest BCUT2D eigenvalue weighted by Gasteiger charge is 2.27. The average Bonchev–Trinajstić information content (AvgIpc) is 2.42. The van der Waals surface area contributed by atoms with Crippen molar-refractivity contribution < 1.29 is 4.74 Å². The minimum Gasteiger partial charge on any atom is -0.478 e. The summed E-state index contributed by atoms with van der Waals surface area (Å²) < 4.78 is 5.53. The van der Waals surface area contributed by atoms with Gasteiger partial charge in [-0.15, -0.1) is 23.2 Å². The molecule has 0 unspecified atom stereocenters. The number of alkyl halides is 2. The highest BCUT2D eigenvalue weighted by atomic mass is 35.5. The van der Waals surface area contributed by atoms with Gasteiger partial charge in [-0.25, -0.2) is 4.98 Å². The molecule has 0 spiro atoms. The predicted molar refractivity (Wildman–Crippen MR) is 80.6 cm³/mol. The van der Waals surface area contributed by atoms with Gasteiger partial charge in [0.2, 0.25) is 11.8 Å². The number of halogens is 2. The molecule has 1 aromatic rings. The number of nitrogens with zero attached hydrogens (tertiary/aromatic N) is 2. The molecule has 0 atom stereocenters. The summed E-state index contributed by atoms with van der Waals surface area (Å²) in [7, 11) is 0. The molecule has 1 N–H and O–H groups in total. The molecule has 4 nitrogen and oxygen atoms in total. The van der Waals surface area contributed by atoms with Crippen molar-refractivity contribution in [1.29, 1.82) is 0 Å². The van der Waals surface area contributed by atoms with E-state index in [0.717, 1.165) is 18.5 Å². The first kappa shape index (κ1) is 16.3. The summed E-state index contributed by atoms with van der Waals surface area (Å²) in [6.45, 7) is 6.62. The number of hydrogen-bond acceptors (Lipinski definition) is 4. The van der Waals surface area contributed by atoms with Gasteiger partial charge in [-0.05, 0) is 19.8 Å². The fourth-order valence-corrected chi connectivity index (χ4v) is 2.29. The molecule has 1 rings (SSSR count). The van der Waals surface area contributed by atoms with Crippen LogP contribution in [0.3, 0.4) is 0 Å². The Balaban J connectivity index is 2.90. The first-order valence-electron chi connectivity index (χ1n) is 6.47. The van der Waals surface area contributed by atoms with E-state index in [4.69, 9.17) is 27.9 Å². The van der Waals surface area contributed by atoms with Crippen molar-refractivity contribution in [3.05, 3.63) is 11.8 Å². The second-order valence-electron chi connectivity index (χ2n) is 4.55. The minimum atomic E-state index is -0.390. The fraction of sp³-hybridized carbons (Fsp3) is 0.692. The number of aromatic nitrogens is 2. The van der Waals surface area contributed by atoms with Crippen LogP contribution in [0.15, 0.2) is 6.07 Å². The summed E-state index contributed by atoms with van der Waals surface area (Å²) in [5.74, 6) is 1.88. The zero-order chi connectivity index (χ0) is 14.3. The maximum absolute atomic E-state index is 6.00. The highest BCUT2D eigenvalue weighted by Crippen LogP contribution is 2.21.